The fourth-order valence-electron chi connectivity index (χ4n) is 2.30. The maximum absolute atomic E-state index is 13.3. The van der Waals surface area contributed by atoms with Crippen LogP contribution in [0.4, 0.5) is 8.78 Å². The molecule has 0 aliphatic carbocycles. The number of nitrogens with one attached hydrogen (secondary N) is 1. The molecule has 0 radical (unpaired) electrons. The molecule has 0 saturated heterocycles. The molecule has 0 fully saturated rings. The van der Waals surface area contributed by atoms with E-state index in [1.54, 1.807) is 0 Å². The fourth-order valence-corrected chi connectivity index (χ4v) is 2.30. The first-order chi connectivity index (χ1) is 9.56. The molecule has 0 saturated carbocycles. The van der Waals surface area contributed by atoms with E-state index in [0.717, 1.165) is 32.1 Å². The third-order valence-electron chi connectivity index (χ3n) is 3.43. The highest BCUT2D eigenvalue weighted by Gasteiger charge is 2.13. The van der Waals surface area contributed by atoms with E-state index in [0.29, 0.717) is 5.56 Å². The first-order valence-corrected chi connectivity index (χ1v) is 7.44. The van der Waals surface area contributed by atoms with Crippen LogP contribution in [-0.4, -0.2) is 31.6 Å². The molecule has 1 unspecified atom stereocenters. The van der Waals surface area contributed by atoms with Crippen LogP contribution in [-0.2, 0) is 0 Å². The second kappa shape index (κ2) is 9.03. The van der Waals surface area contributed by atoms with Gasteiger partial charge in [-0.1, -0.05) is 20.3 Å². The summed E-state index contributed by atoms with van der Waals surface area (Å²) in [6.45, 7) is 6.93. The number of hydrogen-bond acceptors (Lipinski definition) is 2. The lowest BCUT2D eigenvalue weighted by Gasteiger charge is -2.22. The normalized spacial score (nSPS) is 12.9. The van der Waals surface area contributed by atoms with Gasteiger partial charge in [0.15, 0.2) is 0 Å². The smallest absolute Gasteiger partial charge is 0.126 e. The van der Waals surface area contributed by atoms with E-state index in [9.17, 15) is 8.78 Å². The van der Waals surface area contributed by atoms with Crippen LogP contribution in [0, 0.1) is 11.6 Å². The predicted molar refractivity (Wildman–Crippen MR) is 79.8 cm³/mol. The lowest BCUT2D eigenvalue weighted by atomic mass is 10.0. The maximum atomic E-state index is 13.3. The summed E-state index contributed by atoms with van der Waals surface area (Å²) in [6, 6.07) is 3.75. The van der Waals surface area contributed by atoms with Crippen molar-refractivity contribution in [2.45, 2.75) is 39.2 Å². The van der Waals surface area contributed by atoms with Crippen LogP contribution in [0.1, 0.15) is 44.7 Å². The van der Waals surface area contributed by atoms with Gasteiger partial charge in [0.05, 0.1) is 0 Å². The van der Waals surface area contributed by atoms with Gasteiger partial charge in [0, 0.05) is 12.1 Å². The highest BCUT2D eigenvalue weighted by molar-refractivity contribution is 5.21. The number of benzene rings is 1. The molecule has 0 aliphatic heterocycles. The van der Waals surface area contributed by atoms with Gasteiger partial charge in [-0.25, -0.2) is 8.78 Å². The van der Waals surface area contributed by atoms with Crippen LogP contribution in [0.3, 0.4) is 0 Å². The summed E-state index contributed by atoms with van der Waals surface area (Å²) in [6.07, 6.45) is 3.20. The molecular weight excluding hydrogens is 258 g/mol. The standard InChI is InChI=1S/C16H26F2N2/c1-4-6-8-20(3)9-7-16(19-5-2)13-10-14(17)12-15(18)11-13/h10-12,16,19H,4-9H2,1-3H3. The third kappa shape index (κ3) is 5.97. The number of hydrogen-bond donors (Lipinski definition) is 1. The molecule has 0 aromatic heterocycles. The highest BCUT2D eigenvalue weighted by atomic mass is 19.1. The van der Waals surface area contributed by atoms with Crippen LogP contribution in [0.15, 0.2) is 18.2 Å². The molecule has 1 rings (SSSR count). The lowest BCUT2D eigenvalue weighted by molar-refractivity contribution is 0.303. The Kier molecular flexibility index (Phi) is 7.70. The van der Waals surface area contributed by atoms with Gasteiger partial charge in [-0.15, -0.1) is 0 Å². The van der Waals surface area contributed by atoms with Crippen molar-refractivity contribution in [1.29, 1.82) is 0 Å². The minimum Gasteiger partial charge on any atom is -0.310 e. The molecule has 1 atom stereocenters. The van der Waals surface area contributed by atoms with Crippen LogP contribution in [0.2, 0.25) is 0 Å². The van der Waals surface area contributed by atoms with Crippen molar-refractivity contribution in [3.05, 3.63) is 35.4 Å². The van der Waals surface area contributed by atoms with Gasteiger partial charge in [0.25, 0.3) is 0 Å². The number of unbranched alkanes of at least 4 members (excludes halogenated alkanes) is 1. The van der Waals surface area contributed by atoms with E-state index in [4.69, 9.17) is 0 Å². The second-order valence-corrected chi connectivity index (χ2v) is 5.26. The van der Waals surface area contributed by atoms with Crippen LogP contribution in [0.5, 0.6) is 0 Å². The highest BCUT2D eigenvalue weighted by Crippen LogP contribution is 2.19. The molecule has 1 aromatic rings. The summed E-state index contributed by atoms with van der Waals surface area (Å²) in [7, 11) is 2.09. The molecular formula is C16H26F2N2. The van der Waals surface area contributed by atoms with Crippen molar-refractivity contribution in [3.63, 3.8) is 0 Å². The summed E-state index contributed by atoms with van der Waals surface area (Å²) in [5, 5.41) is 3.30. The van der Waals surface area contributed by atoms with Gasteiger partial charge in [-0.05, 0) is 57.2 Å². The molecule has 4 heteroatoms. The lowest BCUT2D eigenvalue weighted by Crippen LogP contribution is -2.28. The molecule has 0 heterocycles. The molecule has 20 heavy (non-hydrogen) atoms. The monoisotopic (exact) mass is 284 g/mol. The van der Waals surface area contributed by atoms with E-state index in [1.165, 1.54) is 25.0 Å². The van der Waals surface area contributed by atoms with Crippen molar-refractivity contribution in [2.24, 2.45) is 0 Å². The van der Waals surface area contributed by atoms with Gasteiger partial charge in [-0.2, -0.15) is 0 Å². The molecule has 114 valence electrons. The van der Waals surface area contributed by atoms with Gasteiger partial charge in [0.1, 0.15) is 11.6 Å². The van der Waals surface area contributed by atoms with Crippen molar-refractivity contribution in [2.75, 3.05) is 26.7 Å². The Balaban J connectivity index is 2.63. The van der Waals surface area contributed by atoms with Gasteiger partial charge >= 0.3 is 0 Å². The summed E-state index contributed by atoms with van der Waals surface area (Å²) in [5.74, 6) is -1.02. The average molecular weight is 284 g/mol. The molecule has 0 aliphatic rings. The summed E-state index contributed by atoms with van der Waals surface area (Å²) >= 11 is 0. The molecule has 2 nitrogen and oxygen atoms in total. The van der Waals surface area contributed by atoms with Gasteiger partial charge in [-0.3, -0.25) is 0 Å². The minimum absolute atomic E-state index is 0.00530. The first kappa shape index (κ1) is 17.1. The Hall–Kier alpha value is -1.00. The van der Waals surface area contributed by atoms with Crippen molar-refractivity contribution in [1.82, 2.24) is 10.2 Å². The van der Waals surface area contributed by atoms with Crippen LogP contribution >= 0.6 is 0 Å². The zero-order chi connectivity index (χ0) is 15.0. The predicted octanol–water partition coefficient (Wildman–Crippen LogP) is 3.74. The second-order valence-electron chi connectivity index (χ2n) is 5.26. The molecule has 0 bridgehead atoms. The number of halogens is 2. The topological polar surface area (TPSA) is 15.3 Å². The summed E-state index contributed by atoms with van der Waals surface area (Å²) < 4.78 is 26.6. The van der Waals surface area contributed by atoms with E-state index < -0.39 is 11.6 Å². The molecule has 1 aromatic carbocycles. The zero-order valence-electron chi connectivity index (χ0n) is 12.8. The van der Waals surface area contributed by atoms with Crippen molar-refractivity contribution < 1.29 is 8.78 Å². The van der Waals surface area contributed by atoms with E-state index >= 15 is 0 Å². The third-order valence-corrected chi connectivity index (χ3v) is 3.43. The summed E-state index contributed by atoms with van der Waals surface area (Å²) in [4.78, 5) is 2.27. The van der Waals surface area contributed by atoms with Crippen molar-refractivity contribution >= 4 is 0 Å². The average Bonchev–Trinajstić information content (AvgIpc) is 2.40. The Morgan fingerprint density at radius 2 is 1.75 bits per heavy atom. The molecule has 1 N–H and O–H groups in total. The van der Waals surface area contributed by atoms with Crippen molar-refractivity contribution in [3.8, 4) is 0 Å². The van der Waals surface area contributed by atoms with E-state index in [-0.39, 0.29) is 6.04 Å². The SMILES string of the molecule is CCCCN(C)CCC(NCC)c1cc(F)cc(F)c1. The molecule has 0 amide bonds. The van der Waals surface area contributed by atoms with E-state index in [1.807, 2.05) is 6.92 Å². The van der Waals surface area contributed by atoms with Gasteiger partial charge in [0.2, 0.25) is 0 Å². The quantitative estimate of drug-likeness (QED) is 0.743. The van der Waals surface area contributed by atoms with E-state index in [2.05, 4.69) is 24.2 Å². The minimum atomic E-state index is -0.512. The van der Waals surface area contributed by atoms with Crippen LogP contribution in [0.25, 0.3) is 0 Å². The number of rotatable bonds is 9. The Labute approximate surface area is 121 Å². The maximum Gasteiger partial charge on any atom is 0.126 e. The Bertz CT molecular complexity index is 376. The Morgan fingerprint density at radius 1 is 1.10 bits per heavy atom. The fraction of sp³-hybridized carbons (Fsp3) is 0.625. The zero-order valence-corrected chi connectivity index (χ0v) is 12.8. The first-order valence-electron chi connectivity index (χ1n) is 7.44. The Morgan fingerprint density at radius 3 is 2.30 bits per heavy atom. The van der Waals surface area contributed by atoms with Crippen LogP contribution < -0.4 is 5.32 Å². The van der Waals surface area contributed by atoms with Gasteiger partial charge < -0.3 is 10.2 Å². The summed E-state index contributed by atoms with van der Waals surface area (Å²) in [5.41, 5.74) is 0.688. The number of nitrogens with zero attached hydrogens (tertiary/aromatic N) is 1. The molecule has 0 spiro atoms. The largest absolute Gasteiger partial charge is 0.310 e.